The van der Waals surface area contributed by atoms with E-state index in [2.05, 4.69) is 5.32 Å². The first-order valence-corrected chi connectivity index (χ1v) is 7.60. The minimum Gasteiger partial charge on any atom is -0.497 e. The monoisotopic (exact) mass is 350 g/mol. The van der Waals surface area contributed by atoms with E-state index < -0.39 is 36.1 Å². The average molecular weight is 350 g/mol. The molecule has 2 rings (SSSR count). The van der Waals surface area contributed by atoms with Gasteiger partial charge in [0.1, 0.15) is 18.8 Å². The lowest BCUT2D eigenvalue weighted by Crippen LogP contribution is -2.41. The minimum atomic E-state index is -1.21. The van der Waals surface area contributed by atoms with Crippen LogP contribution < -0.4 is 10.1 Å². The van der Waals surface area contributed by atoms with Crippen LogP contribution in [-0.2, 0) is 14.4 Å². The van der Waals surface area contributed by atoms with Crippen molar-refractivity contribution in [3.05, 3.63) is 34.7 Å². The molecule has 1 fully saturated rings. The number of thioether (sulfide) groups is 1. The molecule has 1 saturated heterocycles. The lowest BCUT2D eigenvalue weighted by Gasteiger charge is -2.11. The van der Waals surface area contributed by atoms with Crippen molar-refractivity contribution >= 4 is 40.9 Å². The van der Waals surface area contributed by atoms with Gasteiger partial charge in [0, 0.05) is 0 Å². The number of aliphatic carboxylic acids is 1. The largest absolute Gasteiger partial charge is 0.497 e. The molecule has 126 valence electrons. The van der Waals surface area contributed by atoms with Crippen LogP contribution in [0.2, 0.25) is 0 Å². The van der Waals surface area contributed by atoms with Crippen molar-refractivity contribution in [2.24, 2.45) is 0 Å². The molecule has 0 saturated carbocycles. The highest BCUT2D eigenvalue weighted by atomic mass is 32.2. The molecule has 1 aliphatic heterocycles. The fraction of sp³-hybridized carbons (Fsp3) is 0.200. The van der Waals surface area contributed by atoms with E-state index in [0.717, 1.165) is 16.7 Å². The Morgan fingerprint density at radius 3 is 2.79 bits per heavy atom. The minimum absolute atomic E-state index is 0.180. The third kappa shape index (κ3) is 4.35. The van der Waals surface area contributed by atoms with Crippen molar-refractivity contribution in [2.45, 2.75) is 0 Å². The first-order chi connectivity index (χ1) is 11.4. The highest BCUT2D eigenvalue weighted by Crippen LogP contribution is 2.32. The van der Waals surface area contributed by atoms with Crippen molar-refractivity contribution in [1.29, 1.82) is 0 Å². The summed E-state index contributed by atoms with van der Waals surface area (Å²) in [6.07, 6.45) is 1.53. The van der Waals surface area contributed by atoms with Crippen LogP contribution in [0.4, 0.5) is 4.79 Å². The number of amides is 3. The number of methoxy groups -OCH3 is 1. The number of hydrogen-bond acceptors (Lipinski definition) is 6. The lowest BCUT2D eigenvalue weighted by atomic mass is 10.2. The van der Waals surface area contributed by atoms with E-state index in [-0.39, 0.29) is 4.91 Å². The second-order valence-electron chi connectivity index (χ2n) is 4.71. The number of carbonyl (C=O) groups is 4. The van der Waals surface area contributed by atoms with E-state index in [1.165, 1.54) is 13.2 Å². The number of benzene rings is 1. The zero-order valence-electron chi connectivity index (χ0n) is 12.6. The molecule has 0 radical (unpaired) electrons. The summed E-state index contributed by atoms with van der Waals surface area (Å²) >= 11 is 0.718. The number of nitrogens with zero attached hydrogens (tertiary/aromatic N) is 1. The average Bonchev–Trinajstić information content (AvgIpc) is 2.80. The molecule has 0 spiro atoms. The summed E-state index contributed by atoms with van der Waals surface area (Å²) in [7, 11) is 1.52. The predicted molar refractivity (Wildman–Crippen MR) is 86.3 cm³/mol. The first kappa shape index (κ1) is 17.5. The molecule has 8 nitrogen and oxygen atoms in total. The maximum absolute atomic E-state index is 12.2. The third-order valence-electron chi connectivity index (χ3n) is 3.00. The SMILES string of the molecule is COc1cccc(/C=C2\SC(=O)N(CC(=O)NCC(=O)O)C2=O)c1. The topological polar surface area (TPSA) is 113 Å². The fourth-order valence-electron chi connectivity index (χ4n) is 1.89. The van der Waals surface area contributed by atoms with Gasteiger partial charge >= 0.3 is 5.97 Å². The Morgan fingerprint density at radius 2 is 2.12 bits per heavy atom. The van der Waals surface area contributed by atoms with E-state index in [1.54, 1.807) is 24.3 Å². The fourth-order valence-corrected chi connectivity index (χ4v) is 2.73. The third-order valence-corrected chi connectivity index (χ3v) is 3.91. The van der Waals surface area contributed by atoms with Crippen molar-refractivity contribution in [3.63, 3.8) is 0 Å². The summed E-state index contributed by atoms with van der Waals surface area (Å²) in [5.41, 5.74) is 0.676. The van der Waals surface area contributed by atoms with Gasteiger partial charge in [0.15, 0.2) is 0 Å². The van der Waals surface area contributed by atoms with E-state index in [0.29, 0.717) is 11.3 Å². The Balaban J connectivity index is 2.09. The summed E-state index contributed by atoms with van der Waals surface area (Å²) in [5, 5.41) is 10.0. The smallest absolute Gasteiger partial charge is 0.322 e. The maximum atomic E-state index is 12.2. The van der Waals surface area contributed by atoms with Gasteiger partial charge in [-0.05, 0) is 35.5 Å². The quantitative estimate of drug-likeness (QED) is 0.734. The van der Waals surface area contributed by atoms with Crippen molar-refractivity contribution < 1.29 is 29.0 Å². The molecule has 2 N–H and O–H groups in total. The highest BCUT2D eigenvalue weighted by molar-refractivity contribution is 8.18. The van der Waals surface area contributed by atoms with E-state index in [9.17, 15) is 19.2 Å². The van der Waals surface area contributed by atoms with Crippen LogP contribution in [0.3, 0.4) is 0 Å². The number of ether oxygens (including phenoxy) is 1. The molecule has 1 aromatic rings. The Bertz CT molecular complexity index is 730. The van der Waals surface area contributed by atoms with Crippen LogP contribution in [0.5, 0.6) is 5.75 Å². The number of carbonyl (C=O) groups excluding carboxylic acids is 3. The molecular formula is C15H14N2O6S. The van der Waals surface area contributed by atoms with Crippen LogP contribution in [0.25, 0.3) is 6.08 Å². The van der Waals surface area contributed by atoms with E-state index in [4.69, 9.17) is 9.84 Å². The molecule has 0 aliphatic carbocycles. The van der Waals surface area contributed by atoms with Crippen LogP contribution in [0.15, 0.2) is 29.2 Å². The van der Waals surface area contributed by atoms with Gasteiger partial charge < -0.3 is 15.2 Å². The molecule has 0 unspecified atom stereocenters. The zero-order chi connectivity index (χ0) is 17.7. The number of hydrogen-bond donors (Lipinski definition) is 2. The van der Waals surface area contributed by atoms with Crippen molar-refractivity contribution in [1.82, 2.24) is 10.2 Å². The standard InChI is InChI=1S/C15H14N2O6S/c1-23-10-4-2-3-9(5-10)6-11-14(21)17(15(22)24-11)8-12(18)16-7-13(19)20/h2-6H,7-8H2,1H3,(H,16,18)(H,19,20)/b11-6-. The molecule has 0 aromatic heterocycles. The van der Waals surface area contributed by atoms with Gasteiger partial charge in [-0.2, -0.15) is 0 Å². The number of carboxylic acids is 1. The number of imide groups is 1. The van der Waals surface area contributed by atoms with Crippen LogP contribution in [-0.4, -0.2) is 53.2 Å². The number of nitrogens with one attached hydrogen (secondary N) is 1. The molecule has 9 heteroatoms. The summed E-state index contributed by atoms with van der Waals surface area (Å²) in [4.78, 5) is 47.0. The molecule has 0 bridgehead atoms. The maximum Gasteiger partial charge on any atom is 0.322 e. The molecule has 3 amide bonds. The van der Waals surface area contributed by atoms with Gasteiger partial charge in [0.05, 0.1) is 12.0 Å². The summed E-state index contributed by atoms with van der Waals surface area (Å²) in [6, 6.07) is 6.94. The van der Waals surface area contributed by atoms with Gasteiger partial charge in [-0.25, -0.2) is 0 Å². The van der Waals surface area contributed by atoms with Gasteiger partial charge in [0.2, 0.25) is 5.91 Å². The van der Waals surface area contributed by atoms with Gasteiger partial charge in [-0.15, -0.1) is 0 Å². The van der Waals surface area contributed by atoms with Gasteiger partial charge in [0.25, 0.3) is 11.1 Å². The summed E-state index contributed by atoms with van der Waals surface area (Å²) < 4.78 is 5.09. The second kappa shape index (κ2) is 7.64. The predicted octanol–water partition coefficient (Wildman–Crippen LogP) is 0.932. The number of carboxylic acid groups (broad SMARTS) is 1. The Hall–Kier alpha value is -2.81. The molecule has 0 atom stereocenters. The first-order valence-electron chi connectivity index (χ1n) is 6.78. The van der Waals surface area contributed by atoms with E-state index in [1.807, 2.05) is 0 Å². The Labute approximate surface area is 141 Å². The normalized spacial score (nSPS) is 15.7. The van der Waals surface area contributed by atoms with Gasteiger partial charge in [-0.3, -0.25) is 24.1 Å². The highest BCUT2D eigenvalue weighted by Gasteiger charge is 2.36. The summed E-state index contributed by atoms with van der Waals surface area (Å²) in [6.45, 7) is -1.10. The van der Waals surface area contributed by atoms with Crippen molar-refractivity contribution in [3.8, 4) is 5.75 Å². The molecule has 1 aliphatic rings. The number of rotatable bonds is 6. The molecular weight excluding hydrogens is 336 g/mol. The summed E-state index contributed by atoms with van der Waals surface area (Å²) in [5.74, 6) is -1.92. The Kier molecular flexibility index (Phi) is 5.59. The van der Waals surface area contributed by atoms with Crippen LogP contribution in [0.1, 0.15) is 5.56 Å². The zero-order valence-corrected chi connectivity index (χ0v) is 13.5. The van der Waals surface area contributed by atoms with Gasteiger partial charge in [-0.1, -0.05) is 12.1 Å². The Morgan fingerprint density at radius 1 is 1.38 bits per heavy atom. The molecule has 1 heterocycles. The molecule has 1 aromatic carbocycles. The van der Waals surface area contributed by atoms with E-state index >= 15 is 0 Å². The van der Waals surface area contributed by atoms with Crippen LogP contribution in [0, 0.1) is 0 Å². The molecule has 24 heavy (non-hydrogen) atoms. The second-order valence-corrected chi connectivity index (χ2v) is 5.71. The van der Waals surface area contributed by atoms with Crippen LogP contribution >= 0.6 is 11.8 Å². The lowest BCUT2D eigenvalue weighted by molar-refractivity contribution is -0.138. The van der Waals surface area contributed by atoms with Crippen molar-refractivity contribution in [2.75, 3.05) is 20.2 Å².